The van der Waals surface area contributed by atoms with Gasteiger partial charge in [-0.2, -0.15) is 0 Å². The van der Waals surface area contributed by atoms with Gasteiger partial charge in [0.15, 0.2) is 0 Å². The third-order valence-corrected chi connectivity index (χ3v) is 4.79. The van der Waals surface area contributed by atoms with Crippen LogP contribution in [0.25, 0.3) is 0 Å². The maximum atomic E-state index is 5.56. The maximum absolute atomic E-state index is 5.56. The van der Waals surface area contributed by atoms with Crippen LogP contribution in [0.5, 0.6) is 0 Å². The second-order valence-corrected chi connectivity index (χ2v) is 9.27. The van der Waals surface area contributed by atoms with Crippen LogP contribution >= 0.6 is 0 Å². The zero-order valence-electron chi connectivity index (χ0n) is 24.1. The standard InChI is InChI=1S/C26H52N4O8/c1-24(2)21-30-22-26(28-29-30)23-38-20-19-37-18-17-36-16-15-35-14-13-34-12-11-33-10-9-32-8-7-31-6-5-27-25(3)4/h22,24-25,27H,5-21,23H2,1-4H3. The van der Waals surface area contributed by atoms with Gasteiger partial charge in [-0.25, -0.2) is 0 Å². The van der Waals surface area contributed by atoms with Gasteiger partial charge in [0, 0.05) is 19.1 Å². The molecule has 0 atom stereocenters. The van der Waals surface area contributed by atoms with E-state index in [0.717, 1.165) is 18.8 Å². The molecule has 224 valence electrons. The van der Waals surface area contributed by atoms with Crippen molar-refractivity contribution in [1.29, 1.82) is 0 Å². The highest BCUT2D eigenvalue weighted by atomic mass is 16.6. The minimum atomic E-state index is 0.439. The van der Waals surface area contributed by atoms with Crippen molar-refractivity contribution in [3.05, 3.63) is 11.9 Å². The summed E-state index contributed by atoms with van der Waals surface area (Å²) in [6.07, 6.45) is 1.92. The number of rotatable bonds is 29. The summed E-state index contributed by atoms with van der Waals surface area (Å²) in [6, 6.07) is 0.485. The van der Waals surface area contributed by atoms with E-state index in [0.29, 0.717) is 118 Å². The van der Waals surface area contributed by atoms with Gasteiger partial charge in [0.2, 0.25) is 0 Å². The van der Waals surface area contributed by atoms with Crippen molar-refractivity contribution in [3.8, 4) is 0 Å². The molecule has 0 aliphatic heterocycles. The Balaban J connectivity index is 1.68. The Hall–Kier alpha value is -1.22. The lowest BCUT2D eigenvalue weighted by Crippen LogP contribution is -2.27. The van der Waals surface area contributed by atoms with Crippen LogP contribution in [-0.2, 0) is 51.0 Å². The first-order chi connectivity index (χ1) is 18.6. The highest BCUT2D eigenvalue weighted by Gasteiger charge is 2.03. The molecule has 0 saturated carbocycles. The number of ether oxygens (including phenoxy) is 8. The van der Waals surface area contributed by atoms with Crippen molar-refractivity contribution < 1.29 is 37.9 Å². The molecule has 1 N–H and O–H groups in total. The van der Waals surface area contributed by atoms with Crippen LogP contribution in [0.15, 0.2) is 6.20 Å². The van der Waals surface area contributed by atoms with Gasteiger partial charge >= 0.3 is 0 Å². The molecule has 1 aromatic heterocycles. The van der Waals surface area contributed by atoms with Crippen molar-refractivity contribution in [2.45, 2.75) is 46.9 Å². The van der Waals surface area contributed by atoms with Crippen molar-refractivity contribution in [2.24, 2.45) is 5.92 Å². The first-order valence-electron chi connectivity index (χ1n) is 13.8. The van der Waals surface area contributed by atoms with Crippen LogP contribution in [0.3, 0.4) is 0 Å². The summed E-state index contributed by atoms with van der Waals surface area (Å²) < 4.78 is 45.7. The zero-order chi connectivity index (χ0) is 27.5. The van der Waals surface area contributed by atoms with Crippen LogP contribution in [-0.4, -0.2) is 127 Å². The van der Waals surface area contributed by atoms with E-state index in [-0.39, 0.29) is 0 Å². The van der Waals surface area contributed by atoms with E-state index in [2.05, 4.69) is 43.3 Å². The molecule has 0 spiro atoms. The molecule has 0 saturated heterocycles. The second kappa shape index (κ2) is 26.0. The predicted molar refractivity (Wildman–Crippen MR) is 143 cm³/mol. The van der Waals surface area contributed by atoms with E-state index in [1.165, 1.54) is 0 Å². The van der Waals surface area contributed by atoms with Crippen molar-refractivity contribution in [2.75, 3.05) is 106 Å². The van der Waals surface area contributed by atoms with Crippen molar-refractivity contribution in [3.63, 3.8) is 0 Å². The van der Waals surface area contributed by atoms with Gasteiger partial charge in [0.05, 0.1) is 112 Å². The molecule has 0 radical (unpaired) electrons. The molecule has 0 bridgehead atoms. The molecule has 0 amide bonds. The van der Waals surface area contributed by atoms with E-state index in [9.17, 15) is 0 Å². The average Bonchev–Trinajstić information content (AvgIpc) is 3.32. The third-order valence-electron chi connectivity index (χ3n) is 4.79. The molecule has 0 aliphatic carbocycles. The van der Waals surface area contributed by atoms with E-state index in [1.807, 2.05) is 10.9 Å². The first-order valence-corrected chi connectivity index (χ1v) is 13.8. The Morgan fingerprint density at radius 2 is 1.00 bits per heavy atom. The van der Waals surface area contributed by atoms with Crippen LogP contribution in [0.2, 0.25) is 0 Å². The van der Waals surface area contributed by atoms with E-state index >= 15 is 0 Å². The van der Waals surface area contributed by atoms with Gasteiger partial charge in [-0.3, -0.25) is 4.68 Å². The third kappa shape index (κ3) is 23.9. The van der Waals surface area contributed by atoms with Gasteiger partial charge in [-0.1, -0.05) is 32.9 Å². The molecular weight excluding hydrogens is 496 g/mol. The molecular formula is C26H52N4O8. The van der Waals surface area contributed by atoms with E-state index in [4.69, 9.17) is 37.9 Å². The Bertz CT molecular complexity index is 622. The number of hydrogen-bond acceptors (Lipinski definition) is 11. The molecule has 0 unspecified atom stereocenters. The highest BCUT2D eigenvalue weighted by molar-refractivity contribution is 4.89. The van der Waals surface area contributed by atoms with Crippen molar-refractivity contribution in [1.82, 2.24) is 20.3 Å². The molecule has 0 aromatic carbocycles. The van der Waals surface area contributed by atoms with E-state index < -0.39 is 0 Å². The molecule has 12 nitrogen and oxygen atoms in total. The lowest BCUT2D eigenvalue weighted by Gasteiger charge is -2.09. The highest BCUT2D eigenvalue weighted by Crippen LogP contribution is 2.00. The Kier molecular flexibility index (Phi) is 23.8. The molecule has 12 heteroatoms. The Labute approximate surface area is 228 Å². The largest absolute Gasteiger partial charge is 0.378 e. The molecule has 0 aliphatic rings. The summed E-state index contributed by atoms with van der Waals surface area (Å²) in [5.74, 6) is 0.535. The summed E-state index contributed by atoms with van der Waals surface area (Å²) in [5, 5.41) is 11.5. The number of nitrogens with zero attached hydrogens (tertiary/aromatic N) is 3. The Morgan fingerprint density at radius 1 is 0.605 bits per heavy atom. The van der Waals surface area contributed by atoms with Crippen molar-refractivity contribution >= 4 is 0 Å². The lowest BCUT2D eigenvalue weighted by atomic mass is 10.2. The summed E-state index contributed by atoms with van der Waals surface area (Å²) in [4.78, 5) is 0. The van der Waals surface area contributed by atoms with Crippen LogP contribution in [0.4, 0.5) is 0 Å². The summed E-state index contributed by atoms with van der Waals surface area (Å²) in [6.45, 7) is 18.9. The smallest absolute Gasteiger partial charge is 0.108 e. The fourth-order valence-corrected chi connectivity index (χ4v) is 3.00. The van der Waals surface area contributed by atoms with Crippen LogP contribution in [0.1, 0.15) is 33.4 Å². The number of nitrogens with one attached hydrogen (secondary N) is 1. The predicted octanol–water partition coefficient (Wildman–Crippen LogP) is 1.56. The second-order valence-electron chi connectivity index (χ2n) is 9.27. The average molecular weight is 549 g/mol. The first kappa shape index (κ1) is 34.8. The normalized spacial score (nSPS) is 11.8. The molecule has 38 heavy (non-hydrogen) atoms. The fourth-order valence-electron chi connectivity index (χ4n) is 3.00. The van der Waals surface area contributed by atoms with Gasteiger partial charge in [0.25, 0.3) is 0 Å². The summed E-state index contributed by atoms with van der Waals surface area (Å²) in [5.41, 5.74) is 0.830. The summed E-state index contributed by atoms with van der Waals surface area (Å²) in [7, 11) is 0. The minimum absolute atomic E-state index is 0.439. The number of hydrogen-bond donors (Lipinski definition) is 1. The molecule has 1 aromatic rings. The minimum Gasteiger partial charge on any atom is -0.378 e. The van der Waals surface area contributed by atoms with Gasteiger partial charge < -0.3 is 43.2 Å². The zero-order valence-corrected chi connectivity index (χ0v) is 24.1. The van der Waals surface area contributed by atoms with Gasteiger partial charge in [-0.05, 0) is 5.92 Å². The van der Waals surface area contributed by atoms with E-state index in [1.54, 1.807) is 0 Å². The molecule has 1 heterocycles. The Morgan fingerprint density at radius 3 is 1.39 bits per heavy atom. The molecule has 1 rings (SSSR count). The quantitative estimate of drug-likeness (QED) is 0.147. The van der Waals surface area contributed by atoms with Crippen LogP contribution in [0, 0.1) is 5.92 Å². The van der Waals surface area contributed by atoms with Gasteiger partial charge in [-0.15, -0.1) is 5.10 Å². The van der Waals surface area contributed by atoms with Crippen LogP contribution < -0.4 is 5.32 Å². The van der Waals surface area contributed by atoms with Gasteiger partial charge in [0.1, 0.15) is 5.69 Å². The monoisotopic (exact) mass is 548 g/mol. The SMILES string of the molecule is CC(C)Cn1cc(COCCOCCOCCOCCOCCOCCOCCOCCNC(C)C)nn1. The maximum Gasteiger partial charge on any atom is 0.108 e. The molecule has 0 fully saturated rings. The summed E-state index contributed by atoms with van der Waals surface area (Å²) >= 11 is 0. The number of aromatic nitrogens is 3. The fraction of sp³-hybridized carbons (Fsp3) is 0.923. The topological polar surface area (TPSA) is 117 Å². The lowest BCUT2D eigenvalue weighted by molar-refractivity contribution is -0.0236.